The van der Waals surface area contributed by atoms with E-state index < -0.39 is 53.8 Å². The van der Waals surface area contributed by atoms with Gasteiger partial charge in [0.15, 0.2) is 5.78 Å². The first-order valence-electron chi connectivity index (χ1n) is 12.1. The van der Waals surface area contributed by atoms with Gasteiger partial charge in [-0.1, -0.05) is 18.6 Å². The summed E-state index contributed by atoms with van der Waals surface area (Å²) in [6.07, 6.45) is 2.71. The second-order valence-corrected chi connectivity index (χ2v) is 9.94. The zero-order chi connectivity index (χ0) is 25.3. The van der Waals surface area contributed by atoms with Gasteiger partial charge in [0.05, 0.1) is 6.04 Å². The number of rotatable bonds is 8. The Morgan fingerprint density at radius 3 is 2.69 bits per heavy atom. The molecule has 7 nitrogen and oxygen atoms in total. The van der Waals surface area contributed by atoms with Gasteiger partial charge in [-0.05, 0) is 56.6 Å². The average Bonchev–Trinajstić information content (AvgIpc) is 3.53. The fourth-order valence-corrected chi connectivity index (χ4v) is 5.80. The van der Waals surface area contributed by atoms with Crippen LogP contribution in [0.4, 0.5) is 13.2 Å². The van der Waals surface area contributed by atoms with Crippen molar-refractivity contribution in [3.05, 3.63) is 35.6 Å². The summed E-state index contributed by atoms with van der Waals surface area (Å²) in [7, 11) is 0. The van der Waals surface area contributed by atoms with Crippen LogP contribution >= 0.6 is 0 Å². The Morgan fingerprint density at radius 1 is 1.26 bits per heavy atom. The van der Waals surface area contributed by atoms with Crippen LogP contribution < -0.4 is 10.6 Å². The number of ketones is 1. The number of hydrogen-bond donors (Lipinski definition) is 2. The van der Waals surface area contributed by atoms with Crippen molar-refractivity contribution in [1.82, 2.24) is 15.5 Å². The molecule has 4 rings (SSSR count). The number of nitrogens with one attached hydrogen (secondary N) is 2. The number of nitrogens with zero attached hydrogens (tertiary/aromatic N) is 1. The standard InChI is InChI=1S/C25H30F3N3O4/c1-25(28,16-5-3-6-17(27)11-16)24(35)31-13-15-4-2-7-18(15)21(31)23(34)30-19(20(32)12-26)10-14-8-9-29-22(14)33/h3,5-6,11,14-15,18-19,21H,2,4,7-10,12-13H2,1H3,(H,29,33)(H,30,34)/t14-,15-,18-,19+,21+,25-/m0/s1. The number of halogens is 3. The maximum absolute atomic E-state index is 15.8. The molecule has 1 saturated carbocycles. The first kappa shape index (κ1) is 25.2. The SMILES string of the molecule is C[C@@](F)(C(=O)N1C[C@@H]2CCC[C@@H]2[C@@H]1C(=O)N[C@H](C[C@@H]1CCNC1=O)C(=O)CF)c1cccc(F)c1. The van der Waals surface area contributed by atoms with E-state index in [0.29, 0.717) is 19.4 Å². The summed E-state index contributed by atoms with van der Waals surface area (Å²) in [5.41, 5.74) is -2.73. The molecule has 3 fully saturated rings. The maximum atomic E-state index is 15.8. The summed E-state index contributed by atoms with van der Waals surface area (Å²) in [6, 6.07) is 2.46. The van der Waals surface area contributed by atoms with Gasteiger partial charge in [0.1, 0.15) is 18.5 Å². The Bertz CT molecular complexity index is 1020. The Labute approximate surface area is 201 Å². The monoisotopic (exact) mass is 493 g/mol. The lowest BCUT2D eigenvalue weighted by Gasteiger charge is -2.33. The van der Waals surface area contributed by atoms with Gasteiger partial charge in [-0.3, -0.25) is 19.2 Å². The lowest BCUT2D eigenvalue weighted by atomic mass is 9.91. The highest BCUT2D eigenvalue weighted by molar-refractivity contribution is 5.96. The van der Waals surface area contributed by atoms with Gasteiger partial charge < -0.3 is 15.5 Å². The third kappa shape index (κ3) is 4.92. The molecule has 0 unspecified atom stereocenters. The van der Waals surface area contributed by atoms with Gasteiger partial charge in [-0.25, -0.2) is 13.2 Å². The van der Waals surface area contributed by atoms with Crippen LogP contribution in [0.5, 0.6) is 0 Å². The lowest BCUT2D eigenvalue weighted by molar-refractivity contribution is -0.149. The number of carbonyl (C=O) groups is 4. The lowest BCUT2D eigenvalue weighted by Crippen LogP contribution is -2.55. The molecular formula is C25H30F3N3O4. The molecule has 1 aromatic carbocycles. The number of Topliss-reactive ketones (excluding diaryl/α,β-unsaturated/α-hetero) is 1. The molecule has 6 atom stereocenters. The van der Waals surface area contributed by atoms with Gasteiger partial charge in [0.25, 0.3) is 5.91 Å². The van der Waals surface area contributed by atoms with Crippen LogP contribution in [0.2, 0.25) is 0 Å². The van der Waals surface area contributed by atoms with Crippen LogP contribution in [0.25, 0.3) is 0 Å². The molecule has 190 valence electrons. The number of amides is 3. The minimum Gasteiger partial charge on any atom is -0.356 e. The number of alkyl halides is 2. The predicted octanol–water partition coefficient (Wildman–Crippen LogP) is 2.19. The second kappa shape index (κ2) is 9.99. The van der Waals surface area contributed by atoms with E-state index in [4.69, 9.17) is 0 Å². The summed E-state index contributed by atoms with van der Waals surface area (Å²) in [4.78, 5) is 52.3. The van der Waals surface area contributed by atoms with Gasteiger partial charge in [-0.15, -0.1) is 0 Å². The van der Waals surface area contributed by atoms with Gasteiger partial charge in [0.2, 0.25) is 17.5 Å². The van der Waals surface area contributed by atoms with Crippen molar-refractivity contribution in [3.8, 4) is 0 Å². The van der Waals surface area contributed by atoms with Crippen LogP contribution in [-0.2, 0) is 24.8 Å². The number of carbonyl (C=O) groups excluding carboxylic acids is 4. The van der Waals surface area contributed by atoms with Crippen molar-refractivity contribution in [2.75, 3.05) is 19.8 Å². The highest BCUT2D eigenvalue weighted by Gasteiger charge is 2.53. The molecular weight excluding hydrogens is 463 g/mol. The fourth-order valence-electron chi connectivity index (χ4n) is 5.80. The van der Waals surface area contributed by atoms with E-state index in [0.717, 1.165) is 31.9 Å². The van der Waals surface area contributed by atoms with Gasteiger partial charge in [-0.2, -0.15) is 0 Å². The average molecular weight is 494 g/mol. The van der Waals surface area contributed by atoms with Crippen molar-refractivity contribution in [2.45, 2.75) is 56.8 Å². The quantitative estimate of drug-likeness (QED) is 0.581. The van der Waals surface area contributed by atoms with Crippen molar-refractivity contribution in [3.63, 3.8) is 0 Å². The van der Waals surface area contributed by atoms with Crippen LogP contribution in [-0.4, -0.2) is 60.3 Å². The summed E-state index contributed by atoms with van der Waals surface area (Å²) in [5, 5.41) is 5.22. The van der Waals surface area contributed by atoms with Crippen LogP contribution in [0.15, 0.2) is 24.3 Å². The summed E-state index contributed by atoms with van der Waals surface area (Å²) in [5.74, 6) is -4.17. The second-order valence-electron chi connectivity index (χ2n) is 9.94. The van der Waals surface area contributed by atoms with E-state index in [1.54, 1.807) is 0 Å². The number of benzene rings is 1. The zero-order valence-electron chi connectivity index (χ0n) is 19.6. The highest BCUT2D eigenvalue weighted by Crippen LogP contribution is 2.44. The molecule has 2 saturated heterocycles. The Morgan fingerprint density at radius 2 is 2.03 bits per heavy atom. The third-order valence-electron chi connectivity index (χ3n) is 7.71. The topological polar surface area (TPSA) is 95.6 Å². The first-order chi connectivity index (χ1) is 16.6. The molecule has 0 bridgehead atoms. The largest absolute Gasteiger partial charge is 0.356 e. The molecule has 10 heteroatoms. The maximum Gasteiger partial charge on any atom is 0.265 e. The van der Waals surface area contributed by atoms with Gasteiger partial charge >= 0.3 is 0 Å². The predicted molar refractivity (Wildman–Crippen MR) is 120 cm³/mol. The Balaban J connectivity index is 1.57. The summed E-state index contributed by atoms with van der Waals surface area (Å²) in [6.45, 7) is 0.350. The van der Waals surface area contributed by atoms with Crippen molar-refractivity contribution < 1.29 is 32.3 Å². The van der Waals surface area contributed by atoms with Crippen molar-refractivity contribution in [1.29, 1.82) is 0 Å². The molecule has 0 spiro atoms. The third-order valence-corrected chi connectivity index (χ3v) is 7.71. The molecule has 2 N–H and O–H groups in total. The number of likely N-dealkylation sites (tertiary alicyclic amines) is 1. The minimum absolute atomic E-state index is 0.00561. The van der Waals surface area contributed by atoms with Crippen LogP contribution in [0.3, 0.4) is 0 Å². The van der Waals surface area contributed by atoms with Gasteiger partial charge in [0, 0.05) is 24.6 Å². The molecule has 35 heavy (non-hydrogen) atoms. The van der Waals surface area contributed by atoms with E-state index >= 15 is 4.39 Å². The normalized spacial score (nSPS) is 28.2. The van der Waals surface area contributed by atoms with Crippen LogP contribution in [0.1, 0.15) is 44.6 Å². The van der Waals surface area contributed by atoms with E-state index in [1.807, 2.05) is 0 Å². The Hall–Kier alpha value is -2.91. The molecule has 3 aliphatic rings. The molecule has 1 aliphatic carbocycles. The van der Waals surface area contributed by atoms with E-state index in [2.05, 4.69) is 10.6 Å². The van der Waals surface area contributed by atoms with E-state index in [-0.39, 0.29) is 36.3 Å². The van der Waals surface area contributed by atoms with Crippen molar-refractivity contribution >= 4 is 23.5 Å². The fraction of sp³-hybridized carbons (Fsp3) is 0.600. The first-order valence-corrected chi connectivity index (χ1v) is 12.1. The number of fused-ring (bicyclic) bond motifs is 1. The van der Waals surface area contributed by atoms with Crippen LogP contribution in [0, 0.1) is 23.6 Å². The smallest absolute Gasteiger partial charge is 0.265 e. The van der Waals surface area contributed by atoms with Crippen molar-refractivity contribution in [2.24, 2.45) is 17.8 Å². The van der Waals surface area contributed by atoms with E-state index in [1.165, 1.54) is 17.0 Å². The molecule has 2 heterocycles. The summed E-state index contributed by atoms with van der Waals surface area (Å²) < 4.78 is 42.8. The summed E-state index contributed by atoms with van der Waals surface area (Å²) >= 11 is 0. The molecule has 0 aromatic heterocycles. The van der Waals surface area contributed by atoms with E-state index in [9.17, 15) is 28.0 Å². The zero-order valence-corrected chi connectivity index (χ0v) is 19.6. The number of hydrogen-bond acceptors (Lipinski definition) is 4. The molecule has 1 aromatic rings. The highest BCUT2D eigenvalue weighted by atomic mass is 19.1. The minimum atomic E-state index is -2.57. The molecule has 0 radical (unpaired) electrons. The Kier molecular flexibility index (Phi) is 7.19. The molecule has 2 aliphatic heterocycles. The molecule has 3 amide bonds.